The van der Waals surface area contributed by atoms with Crippen LogP contribution in [0.3, 0.4) is 0 Å². The summed E-state index contributed by atoms with van der Waals surface area (Å²) in [6.07, 6.45) is 0. The molecule has 0 amide bonds. The summed E-state index contributed by atoms with van der Waals surface area (Å²) in [5, 5.41) is 3.91. The number of hydrogen-bond donors (Lipinski definition) is 2. The lowest BCUT2D eigenvalue weighted by atomic mass is 10.2. The predicted octanol–water partition coefficient (Wildman–Crippen LogP) is 2.96. The number of para-hydroxylation sites is 2. The summed E-state index contributed by atoms with van der Waals surface area (Å²) in [4.78, 5) is 0. The number of benzene rings is 2. The summed E-state index contributed by atoms with van der Waals surface area (Å²) in [6.45, 7) is 3.81. The average molecular weight is 442 g/mol. The third-order valence-corrected chi connectivity index (χ3v) is 6.11. The van der Waals surface area contributed by atoms with Crippen LogP contribution >= 0.6 is 11.6 Å². The van der Waals surface area contributed by atoms with E-state index in [9.17, 15) is 8.42 Å². The first kappa shape index (κ1) is 23.3. The molecule has 3 N–H and O–H groups in total. The van der Waals surface area contributed by atoms with E-state index in [0.717, 1.165) is 5.75 Å². The lowest BCUT2D eigenvalue weighted by molar-refractivity contribution is 0.150. The summed E-state index contributed by atoms with van der Waals surface area (Å²) < 4.78 is 37.7. The molecule has 2 aromatic rings. The van der Waals surface area contributed by atoms with E-state index in [-0.39, 0.29) is 18.9 Å². The first-order valence-electron chi connectivity index (χ1n) is 9.47. The summed E-state index contributed by atoms with van der Waals surface area (Å²) in [6, 6.07) is 14.4. The van der Waals surface area contributed by atoms with Gasteiger partial charge in [-0.2, -0.15) is 0 Å². The summed E-state index contributed by atoms with van der Waals surface area (Å²) in [5.41, 5.74) is 6.72. The molecule has 29 heavy (non-hydrogen) atoms. The number of sulfonamides is 1. The highest BCUT2D eigenvalue weighted by molar-refractivity contribution is 7.92. The molecule has 0 aromatic heterocycles. The van der Waals surface area contributed by atoms with Gasteiger partial charge in [-0.15, -0.1) is 0 Å². The third-order valence-electron chi connectivity index (χ3n) is 4.07. The van der Waals surface area contributed by atoms with Gasteiger partial charge in [-0.3, -0.25) is 4.31 Å². The number of nitrogens with one attached hydrogen (secondary N) is 1. The number of nitrogens with two attached hydrogens (primary N) is 1. The molecule has 0 unspecified atom stereocenters. The lowest BCUT2D eigenvalue weighted by Gasteiger charge is -2.26. The Kier molecular flexibility index (Phi) is 9.53. The second kappa shape index (κ2) is 11.9. The molecule has 9 heteroatoms. The van der Waals surface area contributed by atoms with Crippen LogP contribution in [-0.2, 0) is 14.8 Å². The summed E-state index contributed by atoms with van der Waals surface area (Å²) in [5.74, 6) is 0.717. The van der Waals surface area contributed by atoms with Gasteiger partial charge in [-0.25, -0.2) is 8.42 Å². The minimum Gasteiger partial charge on any atom is -0.492 e. The molecule has 0 aliphatic carbocycles. The van der Waals surface area contributed by atoms with E-state index >= 15 is 0 Å². The monoisotopic (exact) mass is 441 g/mol. The molecule has 0 fully saturated rings. The Bertz CT molecular complexity index is 847. The number of nitrogens with zero attached hydrogens (tertiary/aromatic N) is 1. The quantitative estimate of drug-likeness (QED) is 0.464. The van der Waals surface area contributed by atoms with Crippen molar-refractivity contribution in [1.29, 1.82) is 0 Å². The maximum atomic E-state index is 12.6. The van der Waals surface area contributed by atoms with Gasteiger partial charge in [0, 0.05) is 18.1 Å². The first-order chi connectivity index (χ1) is 14.0. The largest absolute Gasteiger partial charge is 0.492 e. The second-order valence-electron chi connectivity index (χ2n) is 6.12. The highest BCUT2D eigenvalue weighted by Crippen LogP contribution is 2.28. The smallest absolute Gasteiger partial charge is 0.235 e. The molecule has 0 aliphatic heterocycles. The zero-order valence-corrected chi connectivity index (χ0v) is 18.1. The van der Waals surface area contributed by atoms with E-state index in [1.165, 1.54) is 4.31 Å². The molecular formula is C20H28ClN3O4S. The van der Waals surface area contributed by atoms with Crippen molar-refractivity contribution in [2.45, 2.75) is 6.92 Å². The Morgan fingerprint density at radius 1 is 1.07 bits per heavy atom. The predicted molar refractivity (Wildman–Crippen MR) is 119 cm³/mol. The van der Waals surface area contributed by atoms with Crippen molar-refractivity contribution in [3.63, 3.8) is 0 Å². The van der Waals surface area contributed by atoms with Crippen molar-refractivity contribution in [2.75, 3.05) is 54.8 Å². The van der Waals surface area contributed by atoms with E-state index in [0.29, 0.717) is 42.7 Å². The van der Waals surface area contributed by atoms with E-state index in [1.54, 1.807) is 37.3 Å². The van der Waals surface area contributed by atoms with Crippen LogP contribution in [0.5, 0.6) is 5.75 Å². The summed E-state index contributed by atoms with van der Waals surface area (Å²) >= 11 is 5.87. The van der Waals surface area contributed by atoms with E-state index in [2.05, 4.69) is 5.32 Å². The van der Waals surface area contributed by atoms with Crippen molar-refractivity contribution in [1.82, 2.24) is 0 Å². The van der Waals surface area contributed by atoms with Gasteiger partial charge >= 0.3 is 0 Å². The highest BCUT2D eigenvalue weighted by Gasteiger charge is 2.22. The van der Waals surface area contributed by atoms with Gasteiger partial charge in [0.05, 0.1) is 36.9 Å². The van der Waals surface area contributed by atoms with Gasteiger partial charge in [0.25, 0.3) is 0 Å². The van der Waals surface area contributed by atoms with E-state index < -0.39 is 10.0 Å². The van der Waals surface area contributed by atoms with Crippen molar-refractivity contribution in [3.05, 3.63) is 53.6 Å². The normalized spacial score (nSPS) is 11.3. The number of ether oxygens (including phenoxy) is 2. The van der Waals surface area contributed by atoms with Crippen LogP contribution in [0.1, 0.15) is 6.92 Å². The Morgan fingerprint density at radius 2 is 1.79 bits per heavy atom. The molecule has 2 rings (SSSR count). The van der Waals surface area contributed by atoms with Crippen LogP contribution in [0.25, 0.3) is 0 Å². The molecule has 0 saturated heterocycles. The molecule has 0 heterocycles. The Labute approximate surface area is 177 Å². The van der Waals surface area contributed by atoms with Gasteiger partial charge in [-0.1, -0.05) is 23.7 Å². The fraction of sp³-hybridized carbons (Fsp3) is 0.400. The van der Waals surface area contributed by atoms with Gasteiger partial charge in [-0.05, 0) is 43.3 Å². The number of halogens is 1. The van der Waals surface area contributed by atoms with Crippen LogP contribution in [0, 0.1) is 0 Å². The second-order valence-corrected chi connectivity index (χ2v) is 8.74. The minimum absolute atomic E-state index is 0.00208. The third kappa shape index (κ3) is 7.40. The Morgan fingerprint density at radius 3 is 2.48 bits per heavy atom. The first-order valence-corrected chi connectivity index (χ1v) is 11.5. The number of hydrogen-bond acceptors (Lipinski definition) is 6. The fourth-order valence-corrected chi connectivity index (χ4v) is 3.87. The van der Waals surface area contributed by atoms with Crippen molar-refractivity contribution >= 4 is 33.0 Å². The average Bonchev–Trinajstić information content (AvgIpc) is 2.73. The number of rotatable bonds is 13. The fourth-order valence-electron chi connectivity index (χ4n) is 2.62. The zero-order chi connectivity index (χ0) is 21.1. The van der Waals surface area contributed by atoms with E-state index in [1.807, 2.05) is 18.2 Å². The maximum absolute atomic E-state index is 12.6. The minimum atomic E-state index is -3.46. The molecule has 2 aromatic carbocycles. The Balaban J connectivity index is 2.04. The summed E-state index contributed by atoms with van der Waals surface area (Å²) in [7, 11) is -3.46. The molecule has 0 aliphatic rings. The van der Waals surface area contributed by atoms with Gasteiger partial charge in [0.1, 0.15) is 12.4 Å². The van der Waals surface area contributed by atoms with Gasteiger partial charge in [0.2, 0.25) is 10.0 Å². The highest BCUT2D eigenvalue weighted by atomic mass is 35.5. The molecular weight excluding hydrogens is 414 g/mol. The maximum Gasteiger partial charge on any atom is 0.235 e. The standard InChI is InChI=1S/C20H28ClN3O4S/c1-2-29(25,26)24(13-16-27-14-11-22)20-6-4-3-5-19(20)23-12-15-28-18-9-7-17(21)8-10-18/h3-10,23H,2,11-16,22H2,1H3. The van der Waals surface area contributed by atoms with Crippen LogP contribution in [0.4, 0.5) is 11.4 Å². The van der Waals surface area contributed by atoms with Crippen LogP contribution < -0.4 is 20.1 Å². The molecule has 7 nitrogen and oxygen atoms in total. The van der Waals surface area contributed by atoms with Crippen LogP contribution in [0.2, 0.25) is 5.02 Å². The van der Waals surface area contributed by atoms with Crippen molar-refractivity contribution < 1.29 is 17.9 Å². The van der Waals surface area contributed by atoms with Gasteiger partial charge in [0.15, 0.2) is 0 Å². The molecule has 0 bridgehead atoms. The topological polar surface area (TPSA) is 93.9 Å². The Hall–Kier alpha value is -2.00. The molecule has 160 valence electrons. The zero-order valence-electron chi connectivity index (χ0n) is 16.5. The molecule has 0 saturated carbocycles. The van der Waals surface area contributed by atoms with E-state index in [4.69, 9.17) is 26.8 Å². The van der Waals surface area contributed by atoms with Crippen molar-refractivity contribution in [3.8, 4) is 5.75 Å². The SMILES string of the molecule is CCS(=O)(=O)N(CCOCCN)c1ccccc1NCCOc1ccc(Cl)cc1. The lowest BCUT2D eigenvalue weighted by Crippen LogP contribution is -2.36. The van der Waals surface area contributed by atoms with Gasteiger partial charge < -0.3 is 20.5 Å². The number of anilines is 2. The molecule has 0 radical (unpaired) electrons. The van der Waals surface area contributed by atoms with Crippen LogP contribution in [0.15, 0.2) is 48.5 Å². The molecule has 0 spiro atoms. The van der Waals surface area contributed by atoms with Crippen molar-refractivity contribution in [2.24, 2.45) is 5.73 Å². The molecule has 0 atom stereocenters. The van der Waals surface area contributed by atoms with Crippen LogP contribution in [-0.4, -0.2) is 53.6 Å².